The van der Waals surface area contributed by atoms with Crippen molar-refractivity contribution in [2.75, 3.05) is 12.3 Å². The number of carbonyl (C=O) groups is 1. The highest BCUT2D eigenvalue weighted by molar-refractivity contribution is 9.10. The van der Waals surface area contributed by atoms with Crippen molar-refractivity contribution in [2.45, 2.75) is 19.4 Å². The molecule has 0 radical (unpaired) electrons. The lowest BCUT2D eigenvalue weighted by Gasteiger charge is -2.27. The molecule has 1 aromatic rings. The van der Waals surface area contributed by atoms with Gasteiger partial charge in [0.05, 0.1) is 17.4 Å². The van der Waals surface area contributed by atoms with Gasteiger partial charge in [-0.1, -0.05) is 35.0 Å². The van der Waals surface area contributed by atoms with E-state index in [9.17, 15) is 13.2 Å². The van der Waals surface area contributed by atoms with Gasteiger partial charge in [-0.05, 0) is 36.3 Å². The molecule has 1 N–H and O–H groups in total. The van der Waals surface area contributed by atoms with Crippen molar-refractivity contribution in [3.8, 4) is 0 Å². The summed E-state index contributed by atoms with van der Waals surface area (Å²) in [6.07, 6.45) is 5.57. The second-order valence-corrected chi connectivity index (χ2v) is 8.50. The van der Waals surface area contributed by atoms with Crippen molar-refractivity contribution >= 4 is 37.7 Å². The molecule has 0 saturated carbocycles. The molecule has 0 spiro atoms. The number of rotatable bonds is 4. The Hall–Kier alpha value is -1.93. The van der Waals surface area contributed by atoms with E-state index >= 15 is 0 Å². The van der Waals surface area contributed by atoms with Crippen LogP contribution in [0.2, 0.25) is 0 Å². The first-order valence-electron chi connectivity index (χ1n) is 7.93. The summed E-state index contributed by atoms with van der Waals surface area (Å²) in [6, 6.07) is 7.75. The maximum absolute atomic E-state index is 12.6. The van der Waals surface area contributed by atoms with Gasteiger partial charge in [-0.3, -0.25) is 4.79 Å². The smallest absolute Gasteiger partial charge is 0.256 e. The molecule has 0 aromatic heterocycles. The minimum atomic E-state index is -3.39. The number of amides is 1. The highest BCUT2D eigenvalue weighted by atomic mass is 79.9. The number of halogens is 1. The summed E-state index contributed by atoms with van der Waals surface area (Å²) in [6.45, 7) is 2.31. The molecule has 0 bridgehead atoms. The Morgan fingerprint density at radius 3 is 2.72 bits per heavy atom. The molecule has 0 saturated heterocycles. The maximum Gasteiger partial charge on any atom is 0.256 e. The first-order valence-corrected chi connectivity index (χ1v) is 10.3. The van der Waals surface area contributed by atoms with Crippen LogP contribution < -0.4 is 5.32 Å². The van der Waals surface area contributed by atoms with Gasteiger partial charge < -0.3 is 10.2 Å². The number of fused-ring (bicyclic) bond motifs is 1. The van der Waals surface area contributed by atoms with Crippen molar-refractivity contribution < 1.29 is 13.2 Å². The lowest BCUT2D eigenvalue weighted by molar-refractivity contribution is -0.118. The van der Waals surface area contributed by atoms with Crippen LogP contribution in [0.25, 0.3) is 0 Å². The topological polar surface area (TPSA) is 78.8 Å². The Morgan fingerprint density at radius 2 is 2.04 bits per heavy atom. The van der Waals surface area contributed by atoms with Gasteiger partial charge in [0.2, 0.25) is 0 Å². The van der Waals surface area contributed by atoms with Gasteiger partial charge in [-0.25, -0.2) is 8.42 Å². The van der Waals surface area contributed by atoms with Crippen LogP contribution in [0.15, 0.2) is 57.1 Å². The molecule has 0 aliphatic carbocycles. The number of hydrogen-bond donors (Lipinski definition) is 1. The van der Waals surface area contributed by atoms with E-state index in [2.05, 4.69) is 25.6 Å². The SMILES string of the molecule is CC[C@@H](NC(=O)C1=CN2CCS(=O)(=O)N=C2C=C1)c1ccc(Br)cc1. The van der Waals surface area contributed by atoms with E-state index in [1.54, 1.807) is 23.3 Å². The first-order chi connectivity index (χ1) is 11.9. The summed E-state index contributed by atoms with van der Waals surface area (Å²) in [7, 11) is -3.39. The molecular formula is C17H18BrN3O3S. The molecule has 2 aliphatic heterocycles. The van der Waals surface area contributed by atoms with Crippen LogP contribution in [0.3, 0.4) is 0 Å². The van der Waals surface area contributed by atoms with E-state index in [-0.39, 0.29) is 17.7 Å². The summed E-state index contributed by atoms with van der Waals surface area (Å²) in [5, 5.41) is 3.03. The number of sulfonamides is 1. The summed E-state index contributed by atoms with van der Waals surface area (Å²) in [5.74, 6) is 0.105. The number of nitrogens with one attached hydrogen (secondary N) is 1. The number of amidine groups is 1. The van der Waals surface area contributed by atoms with Crippen LogP contribution >= 0.6 is 15.9 Å². The van der Waals surface area contributed by atoms with Gasteiger partial charge in [0.15, 0.2) is 0 Å². The molecule has 1 atom stereocenters. The van der Waals surface area contributed by atoms with Crippen LogP contribution in [0.4, 0.5) is 0 Å². The van der Waals surface area contributed by atoms with Crippen molar-refractivity contribution in [1.29, 1.82) is 0 Å². The second kappa shape index (κ2) is 7.13. The van der Waals surface area contributed by atoms with E-state index in [0.717, 1.165) is 16.5 Å². The standard InChI is InChI=1S/C17H18BrN3O3S/c1-2-15(12-3-6-14(18)7-4-12)19-17(22)13-5-8-16-20-25(23,24)10-9-21(16)11-13/h3-8,11,15H,2,9-10H2,1H3,(H,19,22)/t15-/m1/s1. The fraction of sp³-hybridized carbons (Fsp3) is 0.294. The Balaban J connectivity index is 1.74. The Labute approximate surface area is 155 Å². The molecule has 2 heterocycles. The highest BCUT2D eigenvalue weighted by Gasteiger charge is 2.25. The first kappa shape index (κ1) is 17.9. The normalized spacial score (nSPS) is 19.5. The largest absolute Gasteiger partial charge is 0.345 e. The number of carbonyl (C=O) groups excluding carboxylic acids is 1. The molecule has 0 fully saturated rings. The third-order valence-corrected chi connectivity index (χ3v) is 5.76. The minimum Gasteiger partial charge on any atom is -0.345 e. The van der Waals surface area contributed by atoms with Crippen LogP contribution in [0.1, 0.15) is 24.9 Å². The zero-order chi connectivity index (χ0) is 18.0. The van der Waals surface area contributed by atoms with E-state index in [1.165, 1.54) is 0 Å². The molecule has 2 aliphatic rings. The third kappa shape index (κ3) is 4.19. The van der Waals surface area contributed by atoms with Crippen LogP contribution in [0, 0.1) is 0 Å². The van der Waals surface area contributed by atoms with Crippen molar-refractivity contribution in [3.05, 3.63) is 58.2 Å². The monoisotopic (exact) mass is 423 g/mol. The lowest BCUT2D eigenvalue weighted by atomic mass is 10.0. The van der Waals surface area contributed by atoms with E-state index < -0.39 is 10.0 Å². The van der Waals surface area contributed by atoms with Gasteiger partial charge in [0, 0.05) is 17.2 Å². The second-order valence-electron chi connectivity index (χ2n) is 5.83. The molecule has 8 heteroatoms. The summed E-state index contributed by atoms with van der Waals surface area (Å²) >= 11 is 3.41. The van der Waals surface area contributed by atoms with Crippen LogP contribution in [-0.2, 0) is 14.8 Å². The van der Waals surface area contributed by atoms with Gasteiger partial charge >= 0.3 is 0 Å². The average molecular weight is 424 g/mol. The number of hydrogen-bond acceptors (Lipinski definition) is 4. The number of benzene rings is 1. The Morgan fingerprint density at radius 1 is 1.32 bits per heavy atom. The van der Waals surface area contributed by atoms with Gasteiger partial charge in [0.1, 0.15) is 5.84 Å². The predicted octanol–water partition coefficient (Wildman–Crippen LogP) is 2.51. The van der Waals surface area contributed by atoms with Crippen LogP contribution in [0.5, 0.6) is 0 Å². The summed E-state index contributed by atoms with van der Waals surface area (Å²) < 4.78 is 27.8. The molecule has 1 aromatic carbocycles. The minimum absolute atomic E-state index is 0.0494. The lowest BCUT2D eigenvalue weighted by Crippen LogP contribution is -2.38. The van der Waals surface area contributed by atoms with Crippen molar-refractivity contribution in [1.82, 2.24) is 10.2 Å². The van der Waals surface area contributed by atoms with E-state index in [4.69, 9.17) is 0 Å². The molecule has 0 unspecified atom stereocenters. The molecule has 1 amide bonds. The summed E-state index contributed by atoms with van der Waals surface area (Å²) in [4.78, 5) is 14.3. The summed E-state index contributed by atoms with van der Waals surface area (Å²) in [5.41, 5.74) is 1.51. The maximum atomic E-state index is 12.6. The van der Waals surface area contributed by atoms with E-state index in [0.29, 0.717) is 18.0 Å². The quantitative estimate of drug-likeness (QED) is 0.806. The van der Waals surface area contributed by atoms with Gasteiger partial charge in [-0.2, -0.15) is 0 Å². The van der Waals surface area contributed by atoms with E-state index in [1.807, 2.05) is 31.2 Å². The van der Waals surface area contributed by atoms with Crippen molar-refractivity contribution in [3.63, 3.8) is 0 Å². The van der Waals surface area contributed by atoms with Gasteiger partial charge in [0.25, 0.3) is 15.9 Å². The average Bonchev–Trinajstić information content (AvgIpc) is 2.59. The molecule has 25 heavy (non-hydrogen) atoms. The molecular weight excluding hydrogens is 406 g/mol. The predicted molar refractivity (Wildman–Crippen MR) is 100 cm³/mol. The molecule has 3 rings (SSSR count). The highest BCUT2D eigenvalue weighted by Crippen LogP contribution is 2.21. The zero-order valence-electron chi connectivity index (χ0n) is 13.6. The van der Waals surface area contributed by atoms with Crippen molar-refractivity contribution in [2.24, 2.45) is 4.40 Å². The zero-order valence-corrected chi connectivity index (χ0v) is 16.0. The fourth-order valence-electron chi connectivity index (χ4n) is 2.69. The fourth-order valence-corrected chi connectivity index (χ4v) is 3.93. The molecule has 6 nitrogen and oxygen atoms in total. The van der Waals surface area contributed by atoms with Crippen LogP contribution in [-0.4, -0.2) is 37.4 Å². The van der Waals surface area contributed by atoms with Gasteiger partial charge in [-0.15, -0.1) is 4.40 Å². The molecule has 132 valence electrons. The Bertz CT molecular complexity index is 873. The third-order valence-electron chi connectivity index (χ3n) is 4.07. The Kier molecular flexibility index (Phi) is 5.10. The number of nitrogens with zero attached hydrogens (tertiary/aromatic N) is 2.